The number of fused-ring (bicyclic) bond motifs is 1. The number of benzene rings is 2. The van der Waals surface area contributed by atoms with Crippen LogP contribution in [0.5, 0.6) is 5.75 Å². The molecule has 4 rings (SSSR count). The molecule has 0 radical (unpaired) electrons. The smallest absolute Gasteiger partial charge is 0.267 e. The standard InChI is InChI=1S/C25H23N5O3/c1-15-22(33-2)17-9-3-6-12-20(17)29-24(15)30-25(32)18-10-4-5-11-19(18)28-14-16-8-7-13-27-21(16)23(26)31/h3-13,28H,14H2,1-2H3,(H2,26,31)(H,29,30,32). The molecule has 8 heteroatoms. The van der Waals surface area contributed by atoms with E-state index in [-0.39, 0.29) is 18.1 Å². The quantitative estimate of drug-likeness (QED) is 0.400. The number of hydrogen-bond acceptors (Lipinski definition) is 6. The Morgan fingerprint density at radius 2 is 1.79 bits per heavy atom. The molecule has 0 aliphatic heterocycles. The van der Waals surface area contributed by atoms with Crippen LogP contribution in [0.4, 0.5) is 11.5 Å². The van der Waals surface area contributed by atoms with Crippen LogP contribution >= 0.6 is 0 Å². The lowest BCUT2D eigenvalue weighted by molar-refractivity contribution is 0.0992. The Labute approximate surface area is 190 Å². The molecule has 2 amide bonds. The summed E-state index contributed by atoms with van der Waals surface area (Å²) in [6.45, 7) is 2.13. The second-order valence-corrected chi connectivity index (χ2v) is 7.36. The van der Waals surface area contributed by atoms with Gasteiger partial charge in [-0.05, 0) is 37.3 Å². The Kier molecular flexibility index (Phi) is 6.17. The number of carbonyl (C=O) groups excluding carboxylic acids is 2. The van der Waals surface area contributed by atoms with Crippen molar-refractivity contribution in [3.05, 3.63) is 89.2 Å². The number of nitrogens with zero attached hydrogens (tertiary/aromatic N) is 2. The maximum absolute atomic E-state index is 13.2. The van der Waals surface area contributed by atoms with E-state index >= 15 is 0 Å². The molecular formula is C25H23N5O3. The summed E-state index contributed by atoms with van der Waals surface area (Å²) in [6, 6.07) is 18.2. The van der Waals surface area contributed by atoms with Gasteiger partial charge in [0.2, 0.25) is 0 Å². The van der Waals surface area contributed by atoms with Crippen molar-refractivity contribution in [2.24, 2.45) is 5.73 Å². The Morgan fingerprint density at radius 3 is 2.58 bits per heavy atom. The molecule has 4 aromatic rings. The lowest BCUT2D eigenvalue weighted by Crippen LogP contribution is -2.19. The number of methoxy groups -OCH3 is 1. The first-order chi connectivity index (χ1) is 16.0. The predicted molar refractivity (Wildman–Crippen MR) is 128 cm³/mol. The normalized spacial score (nSPS) is 10.6. The second kappa shape index (κ2) is 9.35. The first kappa shape index (κ1) is 21.8. The molecule has 0 saturated carbocycles. The van der Waals surface area contributed by atoms with Crippen LogP contribution in [0.2, 0.25) is 0 Å². The molecule has 2 aromatic heterocycles. The third-order valence-electron chi connectivity index (χ3n) is 5.28. The number of aromatic nitrogens is 2. The lowest BCUT2D eigenvalue weighted by Gasteiger charge is -2.16. The summed E-state index contributed by atoms with van der Waals surface area (Å²) in [5.41, 5.74) is 8.72. The fourth-order valence-corrected chi connectivity index (χ4v) is 3.67. The second-order valence-electron chi connectivity index (χ2n) is 7.36. The van der Waals surface area contributed by atoms with E-state index < -0.39 is 5.91 Å². The van der Waals surface area contributed by atoms with Gasteiger partial charge in [0.15, 0.2) is 0 Å². The average molecular weight is 441 g/mol. The molecule has 0 fully saturated rings. The molecule has 0 saturated heterocycles. The van der Waals surface area contributed by atoms with Gasteiger partial charge in [-0.15, -0.1) is 0 Å². The van der Waals surface area contributed by atoms with Crippen molar-refractivity contribution in [2.75, 3.05) is 17.7 Å². The van der Waals surface area contributed by atoms with Crippen molar-refractivity contribution in [3.8, 4) is 5.75 Å². The minimum absolute atomic E-state index is 0.190. The number of pyridine rings is 2. The topological polar surface area (TPSA) is 119 Å². The summed E-state index contributed by atoms with van der Waals surface area (Å²) in [4.78, 5) is 33.5. The lowest BCUT2D eigenvalue weighted by atomic mass is 10.1. The molecule has 0 spiro atoms. The molecule has 8 nitrogen and oxygen atoms in total. The first-order valence-electron chi connectivity index (χ1n) is 10.3. The summed E-state index contributed by atoms with van der Waals surface area (Å²) in [5.74, 6) is 0.157. The van der Waals surface area contributed by atoms with Crippen LogP contribution in [0.25, 0.3) is 10.9 Å². The van der Waals surface area contributed by atoms with Crippen molar-refractivity contribution >= 4 is 34.2 Å². The highest BCUT2D eigenvalue weighted by atomic mass is 16.5. The van der Waals surface area contributed by atoms with Crippen LogP contribution in [0.3, 0.4) is 0 Å². The predicted octanol–water partition coefficient (Wildman–Crippen LogP) is 3.91. The van der Waals surface area contributed by atoms with Gasteiger partial charge in [0.1, 0.15) is 17.3 Å². The number of carbonyl (C=O) groups is 2. The van der Waals surface area contributed by atoms with Gasteiger partial charge in [-0.1, -0.05) is 30.3 Å². The van der Waals surface area contributed by atoms with E-state index in [0.29, 0.717) is 28.4 Å². The highest BCUT2D eigenvalue weighted by Crippen LogP contribution is 2.32. The fourth-order valence-electron chi connectivity index (χ4n) is 3.67. The average Bonchev–Trinajstić information content (AvgIpc) is 2.83. The molecule has 2 aromatic carbocycles. The van der Waals surface area contributed by atoms with Gasteiger partial charge >= 0.3 is 0 Å². The number of nitrogens with two attached hydrogens (primary N) is 1. The number of para-hydroxylation sites is 2. The highest BCUT2D eigenvalue weighted by Gasteiger charge is 2.17. The molecule has 33 heavy (non-hydrogen) atoms. The number of amides is 2. The van der Waals surface area contributed by atoms with E-state index in [4.69, 9.17) is 10.5 Å². The molecule has 4 N–H and O–H groups in total. The van der Waals surface area contributed by atoms with Gasteiger partial charge in [-0.3, -0.25) is 14.6 Å². The number of primary amides is 1. The molecule has 0 atom stereocenters. The summed E-state index contributed by atoms with van der Waals surface area (Å²) in [6.07, 6.45) is 1.51. The van der Waals surface area contributed by atoms with Gasteiger partial charge in [0, 0.05) is 34.9 Å². The van der Waals surface area contributed by atoms with E-state index in [0.717, 1.165) is 16.5 Å². The van der Waals surface area contributed by atoms with Gasteiger partial charge in [-0.25, -0.2) is 4.98 Å². The Morgan fingerprint density at radius 1 is 1.03 bits per heavy atom. The Hall–Kier alpha value is -4.46. The fraction of sp³-hybridized carbons (Fsp3) is 0.120. The van der Waals surface area contributed by atoms with E-state index in [1.807, 2.05) is 37.3 Å². The monoisotopic (exact) mass is 441 g/mol. The number of hydrogen-bond donors (Lipinski definition) is 3. The SMILES string of the molecule is COc1c(C)c(NC(=O)c2ccccc2NCc2cccnc2C(N)=O)nc2ccccc12. The summed E-state index contributed by atoms with van der Waals surface area (Å²) in [5, 5.41) is 6.98. The number of anilines is 2. The molecule has 0 bridgehead atoms. The summed E-state index contributed by atoms with van der Waals surface area (Å²) >= 11 is 0. The summed E-state index contributed by atoms with van der Waals surface area (Å²) in [7, 11) is 1.60. The Balaban J connectivity index is 1.61. The van der Waals surface area contributed by atoms with Crippen molar-refractivity contribution in [3.63, 3.8) is 0 Å². The largest absolute Gasteiger partial charge is 0.496 e. The van der Waals surface area contributed by atoms with E-state index in [2.05, 4.69) is 20.6 Å². The molecule has 166 valence electrons. The van der Waals surface area contributed by atoms with Crippen molar-refractivity contribution < 1.29 is 14.3 Å². The third-order valence-corrected chi connectivity index (χ3v) is 5.28. The molecule has 0 aliphatic carbocycles. The van der Waals surface area contributed by atoms with E-state index in [1.165, 1.54) is 6.20 Å². The van der Waals surface area contributed by atoms with E-state index in [9.17, 15) is 9.59 Å². The number of nitrogens with one attached hydrogen (secondary N) is 2. The maximum Gasteiger partial charge on any atom is 0.267 e. The summed E-state index contributed by atoms with van der Waals surface area (Å²) < 4.78 is 5.58. The van der Waals surface area contributed by atoms with Crippen LogP contribution in [-0.2, 0) is 6.54 Å². The van der Waals surface area contributed by atoms with Crippen LogP contribution in [0.1, 0.15) is 32.0 Å². The van der Waals surface area contributed by atoms with Crippen LogP contribution in [0.15, 0.2) is 66.9 Å². The van der Waals surface area contributed by atoms with Gasteiger partial charge in [0.05, 0.1) is 18.2 Å². The van der Waals surface area contributed by atoms with Gasteiger partial charge in [-0.2, -0.15) is 0 Å². The van der Waals surface area contributed by atoms with E-state index in [1.54, 1.807) is 37.4 Å². The van der Waals surface area contributed by atoms with Gasteiger partial charge in [0.25, 0.3) is 11.8 Å². The molecule has 2 heterocycles. The highest BCUT2D eigenvalue weighted by molar-refractivity contribution is 6.08. The van der Waals surface area contributed by atoms with Crippen molar-refractivity contribution in [2.45, 2.75) is 13.5 Å². The van der Waals surface area contributed by atoms with Crippen LogP contribution < -0.4 is 21.1 Å². The van der Waals surface area contributed by atoms with Crippen LogP contribution in [0, 0.1) is 6.92 Å². The zero-order valence-electron chi connectivity index (χ0n) is 18.3. The van der Waals surface area contributed by atoms with Crippen molar-refractivity contribution in [1.29, 1.82) is 0 Å². The Bertz CT molecular complexity index is 1350. The zero-order chi connectivity index (χ0) is 23.4. The first-order valence-corrected chi connectivity index (χ1v) is 10.3. The number of rotatable bonds is 7. The molecular weight excluding hydrogens is 418 g/mol. The van der Waals surface area contributed by atoms with Crippen LogP contribution in [-0.4, -0.2) is 28.9 Å². The number of ether oxygens (including phenoxy) is 1. The zero-order valence-corrected chi connectivity index (χ0v) is 18.3. The molecule has 0 aliphatic rings. The van der Waals surface area contributed by atoms with Gasteiger partial charge < -0.3 is 21.1 Å². The maximum atomic E-state index is 13.2. The third kappa shape index (κ3) is 4.45. The molecule has 0 unspecified atom stereocenters. The minimum Gasteiger partial charge on any atom is -0.496 e. The minimum atomic E-state index is -0.606. The van der Waals surface area contributed by atoms with Crippen molar-refractivity contribution in [1.82, 2.24) is 9.97 Å².